The fourth-order valence-electron chi connectivity index (χ4n) is 2.18. The van der Waals surface area contributed by atoms with Gasteiger partial charge in [-0.25, -0.2) is 4.98 Å². The molecule has 0 aromatic carbocycles. The number of likely N-dealkylation sites (tertiary alicyclic amines) is 1. The first-order valence-electron chi connectivity index (χ1n) is 5.80. The van der Waals surface area contributed by atoms with Gasteiger partial charge in [-0.3, -0.25) is 4.79 Å². The van der Waals surface area contributed by atoms with E-state index in [1.807, 2.05) is 10.8 Å². The molecule has 0 bridgehead atoms. The first-order valence-corrected chi connectivity index (χ1v) is 5.80. The summed E-state index contributed by atoms with van der Waals surface area (Å²) in [5.74, 6) is -0.894. The topological polar surface area (TPSA) is 84.4 Å². The van der Waals surface area contributed by atoms with E-state index in [2.05, 4.69) is 9.88 Å². The smallest absolute Gasteiger partial charge is 0.325 e. The van der Waals surface area contributed by atoms with Crippen LogP contribution in [-0.2, 0) is 11.3 Å². The maximum atomic E-state index is 11.0. The Hall–Kier alpha value is -1.40. The van der Waals surface area contributed by atoms with E-state index in [-0.39, 0.29) is 0 Å². The highest BCUT2D eigenvalue weighted by Crippen LogP contribution is 2.19. The number of aromatic nitrogens is 2. The number of nitrogens with zero attached hydrogens (tertiary/aromatic N) is 3. The summed E-state index contributed by atoms with van der Waals surface area (Å²) in [6.07, 6.45) is 6.98. The molecule has 0 aliphatic carbocycles. The molecule has 94 valence electrons. The standard InChI is InChI=1S/C11H18N4O2/c12-11(10(16)17)2-6-14(8-11)4-1-5-15-7-3-13-9-15/h3,7,9H,1-2,4-6,8,12H2,(H,16,17). The molecule has 2 heterocycles. The van der Waals surface area contributed by atoms with Crippen molar-refractivity contribution < 1.29 is 9.90 Å². The van der Waals surface area contributed by atoms with Crippen molar-refractivity contribution >= 4 is 5.97 Å². The molecule has 1 fully saturated rings. The number of carbonyl (C=O) groups is 1. The number of aryl methyl sites for hydroxylation is 1. The molecule has 0 saturated carbocycles. The van der Waals surface area contributed by atoms with Crippen LogP contribution in [0.15, 0.2) is 18.7 Å². The third-order valence-corrected chi connectivity index (χ3v) is 3.26. The van der Waals surface area contributed by atoms with Gasteiger partial charge in [-0.1, -0.05) is 0 Å². The quantitative estimate of drug-likeness (QED) is 0.739. The molecule has 6 nitrogen and oxygen atoms in total. The van der Waals surface area contributed by atoms with E-state index in [1.165, 1.54) is 0 Å². The zero-order chi connectivity index (χ0) is 12.3. The molecule has 1 aliphatic heterocycles. The van der Waals surface area contributed by atoms with Crippen LogP contribution in [0.3, 0.4) is 0 Å². The second-order valence-electron chi connectivity index (χ2n) is 4.64. The molecule has 6 heteroatoms. The van der Waals surface area contributed by atoms with Gasteiger partial charge in [-0.15, -0.1) is 0 Å². The number of carboxylic acid groups (broad SMARTS) is 1. The minimum Gasteiger partial charge on any atom is -0.480 e. The van der Waals surface area contributed by atoms with Crippen molar-refractivity contribution in [1.82, 2.24) is 14.5 Å². The summed E-state index contributed by atoms with van der Waals surface area (Å²) in [4.78, 5) is 17.1. The molecule has 17 heavy (non-hydrogen) atoms. The summed E-state index contributed by atoms with van der Waals surface area (Å²) < 4.78 is 2.02. The number of hydrogen-bond donors (Lipinski definition) is 2. The van der Waals surface area contributed by atoms with E-state index in [1.54, 1.807) is 12.5 Å². The van der Waals surface area contributed by atoms with E-state index in [0.717, 1.165) is 26.1 Å². The lowest BCUT2D eigenvalue weighted by molar-refractivity contribution is -0.142. The second-order valence-corrected chi connectivity index (χ2v) is 4.64. The highest BCUT2D eigenvalue weighted by Gasteiger charge is 2.40. The van der Waals surface area contributed by atoms with Gasteiger partial charge in [-0.05, 0) is 19.4 Å². The fourth-order valence-corrected chi connectivity index (χ4v) is 2.18. The van der Waals surface area contributed by atoms with Gasteiger partial charge in [0.2, 0.25) is 0 Å². The minimum absolute atomic E-state index is 0.451. The highest BCUT2D eigenvalue weighted by atomic mass is 16.4. The van der Waals surface area contributed by atoms with Crippen molar-refractivity contribution in [2.45, 2.75) is 24.9 Å². The maximum absolute atomic E-state index is 11.0. The number of imidazole rings is 1. The second kappa shape index (κ2) is 4.85. The Labute approximate surface area is 100 Å². The van der Waals surface area contributed by atoms with Crippen LogP contribution in [0.2, 0.25) is 0 Å². The number of rotatable bonds is 5. The number of carboxylic acids is 1. The van der Waals surface area contributed by atoms with E-state index < -0.39 is 11.5 Å². The van der Waals surface area contributed by atoms with Crippen molar-refractivity contribution in [3.63, 3.8) is 0 Å². The van der Waals surface area contributed by atoms with E-state index in [9.17, 15) is 4.79 Å². The molecule has 0 spiro atoms. The summed E-state index contributed by atoms with van der Waals surface area (Å²) in [5, 5.41) is 9.00. The summed E-state index contributed by atoms with van der Waals surface area (Å²) in [6, 6.07) is 0. The number of aliphatic carboxylic acids is 1. The Morgan fingerprint density at radius 2 is 2.35 bits per heavy atom. The van der Waals surface area contributed by atoms with Crippen LogP contribution >= 0.6 is 0 Å². The molecule has 0 amide bonds. The Balaban J connectivity index is 1.73. The lowest BCUT2D eigenvalue weighted by Gasteiger charge is -2.19. The van der Waals surface area contributed by atoms with Crippen LogP contribution in [0.5, 0.6) is 0 Å². The summed E-state index contributed by atoms with van der Waals surface area (Å²) in [6.45, 7) is 3.00. The monoisotopic (exact) mass is 238 g/mol. The Morgan fingerprint density at radius 3 is 2.94 bits per heavy atom. The van der Waals surface area contributed by atoms with Gasteiger partial charge in [0.05, 0.1) is 6.33 Å². The molecule has 3 N–H and O–H groups in total. The zero-order valence-corrected chi connectivity index (χ0v) is 9.75. The van der Waals surface area contributed by atoms with Crippen LogP contribution in [0.25, 0.3) is 0 Å². The SMILES string of the molecule is NC1(C(=O)O)CCN(CCCn2ccnc2)C1. The normalized spacial score (nSPS) is 25.2. The van der Waals surface area contributed by atoms with Gasteiger partial charge in [0.1, 0.15) is 5.54 Å². The van der Waals surface area contributed by atoms with E-state index in [0.29, 0.717) is 13.0 Å². The van der Waals surface area contributed by atoms with Gasteiger partial charge in [0, 0.05) is 32.0 Å². The van der Waals surface area contributed by atoms with E-state index in [4.69, 9.17) is 10.8 Å². The molecule has 0 radical (unpaired) electrons. The Bertz CT molecular complexity index is 379. The van der Waals surface area contributed by atoms with Crippen molar-refractivity contribution in [2.75, 3.05) is 19.6 Å². The lowest BCUT2D eigenvalue weighted by Crippen LogP contribution is -2.50. The fraction of sp³-hybridized carbons (Fsp3) is 0.636. The van der Waals surface area contributed by atoms with Gasteiger partial charge >= 0.3 is 5.97 Å². The highest BCUT2D eigenvalue weighted by molar-refractivity contribution is 5.79. The predicted octanol–water partition coefficient (Wildman–Crippen LogP) is -0.239. The summed E-state index contributed by atoms with van der Waals surface area (Å²) >= 11 is 0. The van der Waals surface area contributed by atoms with Crippen molar-refractivity contribution in [3.8, 4) is 0 Å². The average molecular weight is 238 g/mol. The van der Waals surface area contributed by atoms with Crippen LogP contribution in [-0.4, -0.2) is 50.7 Å². The van der Waals surface area contributed by atoms with Crippen molar-refractivity contribution in [1.29, 1.82) is 0 Å². The van der Waals surface area contributed by atoms with Gasteiger partial charge in [-0.2, -0.15) is 0 Å². The third kappa shape index (κ3) is 2.83. The van der Waals surface area contributed by atoms with Gasteiger partial charge in [0.15, 0.2) is 0 Å². The third-order valence-electron chi connectivity index (χ3n) is 3.26. The van der Waals surface area contributed by atoms with Gasteiger partial charge in [0.25, 0.3) is 0 Å². The van der Waals surface area contributed by atoms with Crippen LogP contribution < -0.4 is 5.73 Å². The zero-order valence-electron chi connectivity index (χ0n) is 9.75. The molecule has 1 aliphatic rings. The lowest BCUT2D eigenvalue weighted by atomic mass is 10.0. The maximum Gasteiger partial charge on any atom is 0.325 e. The molecule has 1 atom stereocenters. The number of nitrogens with two attached hydrogens (primary N) is 1. The predicted molar refractivity (Wildman–Crippen MR) is 62.5 cm³/mol. The average Bonchev–Trinajstić information content (AvgIpc) is 2.89. The minimum atomic E-state index is -1.05. The summed E-state index contributed by atoms with van der Waals surface area (Å²) in [5.41, 5.74) is 4.76. The Morgan fingerprint density at radius 1 is 1.53 bits per heavy atom. The molecule has 2 rings (SSSR count). The van der Waals surface area contributed by atoms with Crippen LogP contribution in [0.4, 0.5) is 0 Å². The first-order chi connectivity index (χ1) is 8.10. The molecule has 1 aromatic heterocycles. The van der Waals surface area contributed by atoms with Crippen molar-refractivity contribution in [3.05, 3.63) is 18.7 Å². The van der Waals surface area contributed by atoms with Crippen molar-refractivity contribution in [2.24, 2.45) is 5.73 Å². The molecule has 1 unspecified atom stereocenters. The van der Waals surface area contributed by atoms with Gasteiger partial charge < -0.3 is 20.3 Å². The van der Waals surface area contributed by atoms with E-state index >= 15 is 0 Å². The molecule has 1 aromatic rings. The summed E-state index contributed by atoms with van der Waals surface area (Å²) in [7, 11) is 0. The largest absolute Gasteiger partial charge is 0.480 e. The molecular weight excluding hydrogens is 220 g/mol. The first kappa shape index (κ1) is 12.1. The Kier molecular flexibility index (Phi) is 3.44. The molecule has 1 saturated heterocycles. The number of hydrogen-bond acceptors (Lipinski definition) is 4. The molecular formula is C11H18N4O2. The van der Waals surface area contributed by atoms with Crippen LogP contribution in [0.1, 0.15) is 12.8 Å². The van der Waals surface area contributed by atoms with Crippen LogP contribution in [0, 0.1) is 0 Å².